The van der Waals surface area contributed by atoms with E-state index in [0.29, 0.717) is 6.04 Å². The average molecular weight is 304 g/mol. The van der Waals surface area contributed by atoms with Gasteiger partial charge in [-0.2, -0.15) is 0 Å². The normalized spacial score (nSPS) is 12.6. The molecule has 0 aliphatic rings. The van der Waals surface area contributed by atoms with E-state index in [1.54, 1.807) is 18.0 Å². The SMILES string of the molecule is CCCNC(CSc1nc(C)co1)c1cc(C)ccc1C. The van der Waals surface area contributed by atoms with Crippen LogP contribution in [0.2, 0.25) is 0 Å². The Bertz CT molecular complexity index is 580. The van der Waals surface area contributed by atoms with Crippen LogP contribution in [0.3, 0.4) is 0 Å². The van der Waals surface area contributed by atoms with Crippen molar-refractivity contribution in [2.75, 3.05) is 12.3 Å². The maximum absolute atomic E-state index is 5.43. The summed E-state index contributed by atoms with van der Waals surface area (Å²) in [5, 5.41) is 4.39. The molecule has 0 bridgehead atoms. The summed E-state index contributed by atoms with van der Waals surface area (Å²) in [6.45, 7) is 9.48. The van der Waals surface area contributed by atoms with Gasteiger partial charge in [-0.05, 0) is 44.9 Å². The molecule has 3 nitrogen and oxygen atoms in total. The third-order valence-corrected chi connectivity index (χ3v) is 4.36. The maximum Gasteiger partial charge on any atom is 0.255 e. The lowest BCUT2D eigenvalue weighted by molar-refractivity contribution is 0.452. The molecule has 1 heterocycles. The number of hydrogen-bond acceptors (Lipinski definition) is 4. The predicted octanol–water partition coefficient (Wildman–Crippen LogP) is 4.43. The summed E-state index contributed by atoms with van der Waals surface area (Å²) in [5.74, 6) is 0.921. The summed E-state index contributed by atoms with van der Waals surface area (Å²) in [6, 6.07) is 6.97. The number of aromatic nitrogens is 1. The molecule has 114 valence electrons. The standard InChI is InChI=1S/C17H24N2OS/c1-5-8-18-16(11-21-17-19-14(4)10-20-17)15-9-12(2)6-7-13(15)3/h6-7,9-10,16,18H,5,8,11H2,1-4H3. The highest BCUT2D eigenvalue weighted by molar-refractivity contribution is 7.99. The Hall–Kier alpha value is -1.26. The first kappa shape index (κ1) is 16.1. The zero-order valence-corrected chi connectivity index (χ0v) is 14.1. The zero-order chi connectivity index (χ0) is 15.2. The van der Waals surface area contributed by atoms with Gasteiger partial charge in [-0.3, -0.25) is 0 Å². The minimum atomic E-state index is 0.321. The number of rotatable bonds is 7. The van der Waals surface area contributed by atoms with Gasteiger partial charge in [0.2, 0.25) is 0 Å². The van der Waals surface area contributed by atoms with Crippen LogP contribution in [-0.4, -0.2) is 17.3 Å². The Balaban J connectivity index is 2.11. The van der Waals surface area contributed by atoms with E-state index in [1.165, 1.54) is 16.7 Å². The highest BCUT2D eigenvalue weighted by Gasteiger charge is 2.15. The van der Waals surface area contributed by atoms with Crippen molar-refractivity contribution >= 4 is 11.8 Å². The monoisotopic (exact) mass is 304 g/mol. The van der Waals surface area contributed by atoms with Crippen molar-refractivity contribution in [2.45, 2.75) is 45.4 Å². The number of thioether (sulfide) groups is 1. The molecule has 21 heavy (non-hydrogen) atoms. The van der Waals surface area contributed by atoms with Gasteiger partial charge in [-0.25, -0.2) is 4.98 Å². The summed E-state index contributed by atoms with van der Waals surface area (Å²) in [5.41, 5.74) is 4.94. The Morgan fingerprint density at radius 1 is 1.29 bits per heavy atom. The molecule has 1 atom stereocenters. The molecule has 4 heteroatoms. The first-order chi connectivity index (χ1) is 10.1. The molecule has 1 aromatic carbocycles. The molecule has 1 N–H and O–H groups in total. The highest BCUT2D eigenvalue weighted by Crippen LogP contribution is 2.26. The van der Waals surface area contributed by atoms with Gasteiger partial charge in [-0.1, -0.05) is 42.4 Å². The van der Waals surface area contributed by atoms with Crippen LogP contribution in [0.5, 0.6) is 0 Å². The van der Waals surface area contributed by atoms with Gasteiger partial charge in [0.05, 0.1) is 5.69 Å². The number of aryl methyl sites for hydroxylation is 3. The van der Waals surface area contributed by atoms with E-state index < -0.39 is 0 Å². The minimum absolute atomic E-state index is 0.321. The van der Waals surface area contributed by atoms with E-state index in [9.17, 15) is 0 Å². The summed E-state index contributed by atoms with van der Waals surface area (Å²) < 4.78 is 5.43. The van der Waals surface area contributed by atoms with E-state index in [-0.39, 0.29) is 0 Å². The van der Waals surface area contributed by atoms with Crippen LogP contribution in [0, 0.1) is 20.8 Å². The number of hydrogen-bond donors (Lipinski definition) is 1. The van der Waals surface area contributed by atoms with Crippen LogP contribution < -0.4 is 5.32 Å². The Morgan fingerprint density at radius 3 is 2.76 bits per heavy atom. The molecule has 0 aliphatic carbocycles. The fourth-order valence-electron chi connectivity index (χ4n) is 2.27. The molecule has 0 spiro atoms. The second-order valence-electron chi connectivity index (χ2n) is 5.43. The van der Waals surface area contributed by atoms with Crippen LogP contribution >= 0.6 is 11.8 Å². The number of benzene rings is 1. The van der Waals surface area contributed by atoms with Crippen molar-refractivity contribution in [3.63, 3.8) is 0 Å². The van der Waals surface area contributed by atoms with Crippen LogP contribution in [-0.2, 0) is 0 Å². The molecule has 0 radical (unpaired) electrons. The van der Waals surface area contributed by atoms with Gasteiger partial charge >= 0.3 is 0 Å². The molecule has 0 saturated carbocycles. The second-order valence-corrected chi connectivity index (χ2v) is 6.40. The molecule has 2 aromatic rings. The van der Waals surface area contributed by atoms with E-state index in [1.807, 2.05) is 6.92 Å². The summed E-state index contributed by atoms with van der Waals surface area (Å²) in [7, 11) is 0. The van der Waals surface area contributed by atoms with Crippen LogP contribution in [0.15, 0.2) is 34.1 Å². The summed E-state index contributed by atoms with van der Waals surface area (Å²) >= 11 is 1.67. The van der Waals surface area contributed by atoms with E-state index in [4.69, 9.17) is 4.42 Å². The largest absolute Gasteiger partial charge is 0.440 e. The topological polar surface area (TPSA) is 38.1 Å². The predicted molar refractivity (Wildman–Crippen MR) is 88.9 cm³/mol. The fourth-order valence-corrected chi connectivity index (χ4v) is 3.20. The Kier molecular flexibility index (Phi) is 5.88. The van der Waals surface area contributed by atoms with Gasteiger partial charge in [0.15, 0.2) is 0 Å². The first-order valence-electron chi connectivity index (χ1n) is 7.45. The lowest BCUT2D eigenvalue weighted by Crippen LogP contribution is -2.25. The van der Waals surface area contributed by atoms with Gasteiger partial charge < -0.3 is 9.73 Å². The molecule has 0 saturated heterocycles. The average Bonchev–Trinajstić information content (AvgIpc) is 2.88. The van der Waals surface area contributed by atoms with E-state index in [2.05, 4.69) is 49.3 Å². The molecule has 0 amide bonds. The number of nitrogens with one attached hydrogen (secondary N) is 1. The molecular weight excluding hydrogens is 280 g/mol. The quantitative estimate of drug-likeness (QED) is 0.768. The third kappa shape index (κ3) is 4.61. The van der Waals surface area contributed by atoms with Crippen molar-refractivity contribution in [2.24, 2.45) is 0 Å². The van der Waals surface area contributed by atoms with Crippen LogP contribution in [0.1, 0.15) is 41.8 Å². The van der Waals surface area contributed by atoms with Gasteiger partial charge in [0, 0.05) is 11.8 Å². The van der Waals surface area contributed by atoms with Crippen molar-refractivity contribution < 1.29 is 4.42 Å². The lowest BCUT2D eigenvalue weighted by Gasteiger charge is -2.20. The van der Waals surface area contributed by atoms with Gasteiger partial charge in [-0.15, -0.1) is 0 Å². The van der Waals surface area contributed by atoms with Crippen molar-refractivity contribution in [1.29, 1.82) is 0 Å². The Labute approximate surface area is 131 Å². The molecule has 0 fully saturated rings. The van der Waals surface area contributed by atoms with Crippen LogP contribution in [0.4, 0.5) is 0 Å². The molecule has 1 unspecified atom stereocenters. The highest BCUT2D eigenvalue weighted by atomic mass is 32.2. The van der Waals surface area contributed by atoms with Crippen molar-refractivity contribution in [3.8, 4) is 0 Å². The smallest absolute Gasteiger partial charge is 0.255 e. The van der Waals surface area contributed by atoms with Crippen LogP contribution in [0.25, 0.3) is 0 Å². The Morgan fingerprint density at radius 2 is 2.10 bits per heavy atom. The number of nitrogens with zero attached hydrogens (tertiary/aromatic N) is 1. The van der Waals surface area contributed by atoms with Crippen molar-refractivity contribution in [3.05, 3.63) is 46.8 Å². The molecule has 0 aliphatic heterocycles. The maximum atomic E-state index is 5.43. The van der Waals surface area contributed by atoms with Gasteiger partial charge in [0.1, 0.15) is 6.26 Å². The molecular formula is C17H24N2OS. The summed E-state index contributed by atoms with van der Waals surface area (Å²) in [4.78, 5) is 4.37. The number of oxazole rings is 1. The minimum Gasteiger partial charge on any atom is -0.440 e. The molecule has 2 rings (SSSR count). The van der Waals surface area contributed by atoms with Gasteiger partial charge in [0.25, 0.3) is 5.22 Å². The fraction of sp³-hybridized carbons (Fsp3) is 0.471. The second kappa shape index (κ2) is 7.66. The van der Waals surface area contributed by atoms with E-state index in [0.717, 1.165) is 29.6 Å². The van der Waals surface area contributed by atoms with Crippen molar-refractivity contribution in [1.82, 2.24) is 10.3 Å². The third-order valence-electron chi connectivity index (χ3n) is 3.42. The zero-order valence-electron chi connectivity index (χ0n) is 13.3. The molecule has 1 aromatic heterocycles. The van der Waals surface area contributed by atoms with E-state index >= 15 is 0 Å². The summed E-state index contributed by atoms with van der Waals surface area (Å²) in [6.07, 6.45) is 2.83. The lowest BCUT2D eigenvalue weighted by atomic mass is 10.00. The first-order valence-corrected chi connectivity index (χ1v) is 8.44.